The van der Waals surface area contributed by atoms with Gasteiger partial charge in [-0.3, -0.25) is 0 Å². The predicted octanol–water partition coefficient (Wildman–Crippen LogP) is 4.49. The Hall–Kier alpha value is -0.690. The molecule has 0 unspecified atom stereocenters. The fraction of sp³-hybridized carbons (Fsp3) is 0.385. The molecule has 0 amide bonds. The van der Waals surface area contributed by atoms with E-state index in [0.717, 1.165) is 16.0 Å². The summed E-state index contributed by atoms with van der Waals surface area (Å²) >= 11 is 10.9. The Morgan fingerprint density at radius 3 is 2.90 bits per heavy atom. The minimum Gasteiger partial charge on any atom is -0.428 e. The molecule has 4 nitrogen and oxygen atoms in total. The van der Waals surface area contributed by atoms with Crippen molar-refractivity contribution in [1.29, 1.82) is 0 Å². The normalized spacial score (nSPS) is 11.1. The summed E-state index contributed by atoms with van der Waals surface area (Å²) in [4.78, 5) is 0. The van der Waals surface area contributed by atoms with Crippen LogP contribution in [0.2, 0.25) is 5.02 Å². The molecule has 2 aromatic rings. The van der Waals surface area contributed by atoms with E-state index in [-0.39, 0.29) is 0 Å². The third-order valence-electron chi connectivity index (χ3n) is 2.37. The van der Waals surface area contributed by atoms with Crippen LogP contribution >= 0.6 is 38.9 Å². The highest BCUT2D eigenvalue weighted by Crippen LogP contribution is 2.32. The lowest BCUT2D eigenvalue weighted by Crippen LogP contribution is -2.18. The minimum absolute atomic E-state index is 0.496. The summed E-state index contributed by atoms with van der Waals surface area (Å²) in [7, 11) is 0. The monoisotopic (exact) mass is 375 g/mol. The van der Waals surface area contributed by atoms with Crippen LogP contribution in [0.3, 0.4) is 0 Å². The van der Waals surface area contributed by atoms with Gasteiger partial charge in [0.05, 0.1) is 5.02 Å². The van der Waals surface area contributed by atoms with E-state index >= 15 is 0 Å². The van der Waals surface area contributed by atoms with Crippen molar-refractivity contribution in [2.45, 2.75) is 20.4 Å². The molecule has 0 atom stereocenters. The molecule has 1 N–H and O–H groups in total. The smallest absolute Gasteiger partial charge is 0.299 e. The van der Waals surface area contributed by atoms with Gasteiger partial charge < -0.3 is 10.1 Å². The van der Waals surface area contributed by atoms with Crippen LogP contribution < -0.4 is 10.1 Å². The number of benzene rings is 1. The first-order chi connectivity index (χ1) is 9.54. The van der Waals surface area contributed by atoms with Crippen molar-refractivity contribution in [1.82, 2.24) is 15.5 Å². The lowest BCUT2D eigenvalue weighted by atomic mass is 10.2. The maximum atomic E-state index is 6.09. The first-order valence-electron chi connectivity index (χ1n) is 6.20. The highest BCUT2D eigenvalue weighted by molar-refractivity contribution is 9.10. The molecule has 7 heteroatoms. The van der Waals surface area contributed by atoms with Gasteiger partial charge in [0.15, 0.2) is 0 Å². The van der Waals surface area contributed by atoms with Gasteiger partial charge in [0.25, 0.3) is 5.19 Å². The summed E-state index contributed by atoms with van der Waals surface area (Å²) in [5.41, 5.74) is 0. The summed E-state index contributed by atoms with van der Waals surface area (Å²) < 4.78 is 6.54. The standard InChI is InChI=1S/C13H15BrClN3OS/c1-8(2)6-16-7-12-17-18-13(20-12)19-11-4-3-9(14)5-10(11)15/h3-5,8,16H,6-7H2,1-2H3. The molecule has 0 saturated carbocycles. The van der Waals surface area contributed by atoms with Gasteiger partial charge in [-0.25, -0.2) is 0 Å². The van der Waals surface area contributed by atoms with Crippen molar-refractivity contribution in [3.05, 3.63) is 32.7 Å². The second-order valence-electron chi connectivity index (χ2n) is 4.66. The van der Waals surface area contributed by atoms with Crippen molar-refractivity contribution in [3.63, 3.8) is 0 Å². The van der Waals surface area contributed by atoms with E-state index in [2.05, 4.69) is 45.3 Å². The number of aromatic nitrogens is 2. The fourth-order valence-corrected chi connectivity index (χ4v) is 2.85. The summed E-state index contributed by atoms with van der Waals surface area (Å²) in [6.07, 6.45) is 0. The largest absolute Gasteiger partial charge is 0.428 e. The molecule has 0 aliphatic carbocycles. The van der Waals surface area contributed by atoms with Gasteiger partial charge in [-0.05, 0) is 30.7 Å². The van der Waals surface area contributed by atoms with Crippen LogP contribution in [-0.4, -0.2) is 16.7 Å². The highest BCUT2D eigenvalue weighted by Gasteiger charge is 2.09. The zero-order valence-electron chi connectivity index (χ0n) is 11.2. The van der Waals surface area contributed by atoms with E-state index < -0.39 is 0 Å². The Morgan fingerprint density at radius 1 is 1.40 bits per heavy atom. The molecular formula is C13H15BrClN3OS. The minimum atomic E-state index is 0.496. The van der Waals surface area contributed by atoms with Gasteiger partial charge in [-0.1, -0.05) is 57.8 Å². The quantitative estimate of drug-likeness (QED) is 0.807. The SMILES string of the molecule is CC(C)CNCc1nnc(Oc2ccc(Br)cc2Cl)s1. The molecule has 0 radical (unpaired) electrons. The second kappa shape index (κ2) is 7.36. The Bertz CT molecular complexity index is 576. The average molecular weight is 377 g/mol. The average Bonchev–Trinajstić information content (AvgIpc) is 2.80. The number of hydrogen-bond donors (Lipinski definition) is 1. The molecule has 2 rings (SSSR count). The van der Waals surface area contributed by atoms with Crippen molar-refractivity contribution in [3.8, 4) is 10.9 Å². The molecule has 0 saturated heterocycles. The van der Waals surface area contributed by atoms with Crippen LogP contribution in [0.4, 0.5) is 0 Å². The second-order valence-corrected chi connectivity index (χ2v) is 7.01. The van der Waals surface area contributed by atoms with E-state index in [1.807, 2.05) is 6.07 Å². The lowest BCUT2D eigenvalue weighted by Gasteiger charge is -2.04. The maximum absolute atomic E-state index is 6.09. The Balaban J connectivity index is 1.95. The van der Waals surface area contributed by atoms with Crippen molar-refractivity contribution in [2.24, 2.45) is 5.92 Å². The van der Waals surface area contributed by atoms with E-state index in [1.165, 1.54) is 11.3 Å². The summed E-state index contributed by atoms with van der Waals surface area (Å²) in [6, 6.07) is 5.45. The predicted molar refractivity (Wildman–Crippen MR) is 85.7 cm³/mol. The van der Waals surface area contributed by atoms with Crippen LogP contribution in [-0.2, 0) is 6.54 Å². The molecule has 1 aromatic carbocycles. The molecule has 108 valence electrons. The van der Waals surface area contributed by atoms with E-state index in [0.29, 0.717) is 28.4 Å². The maximum Gasteiger partial charge on any atom is 0.299 e. The molecule has 0 aliphatic rings. The van der Waals surface area contributed by atoms with Crippen LogP contribution in [0.1, 0.15) is 18.9 Å². The summed E-state index contributed by atoms with van der Waals surface area (Å²) in [5.74, 6) is 1.19. The van der Waals surface area contributed by atoms with Crippen molar-refractivity contribution >= 4 is 38.9 Å². The van der Waals surface area contributed by atoms with Gasteiger partial charge in [0, 0.05) is 11.0 Å². The topological polar surface area (TPSA) is 47.0 Å². The van der Waals surface area contributed by atoms with E-state index in [9.17, 15) is 0 Å². The van der Waals surface area contributed by atoms with Gasteiger partial charge in [0.1, 0.15) is 10.8 Å². The van der Waals surface area contributed by atoms with Gasteiger partial charge in [0.2, 0.25) is 0 Å². The molecule has 1 aromatic heterocycles. The molecule has 20 heavy (non-hydrogen) atoms. The third kappa shape index (κ3) is 4.70. The molecule has 0 fully saturated rings. The lowest BCUT2D eigenvalue weighted by molar-refractivity contribution is 0.473. The van der Waals surface area contributed by atoms with Gasteiger partial charge in [-0.15, -0.1) is 5.10 Å². The van der Waals surface area contributed by atoms with E-state index in [4.69, 9.17) is 16.3 Å². The zero-order chi connectivity index (χ0) is 14.5. The zero-order valence-corrected chi connectivity index (χ0v) is 14.3. The van der Waals surface area contributed by atoms with Crippen molar-refractivity contribution < 1.29 is 4.74 Å². The Morgan fingerprint density at radius 2 is 2.20 bits per heavy atom. The van der Waals surface area contributed by atoms with Gasteiger partial charge >= 0.3 is 0 Å². The molecule has 0 bridgehead atoms. The summed E-state index contributed by atoms with van der Waals surface area (Å²) in [5, 5.41) is 13.3. The number of halogens is 2. The number of nitrogens with zero attached hydrogens (tertiary/aromatic N) is 2. The molecule has 0 aliphatic heterocycles. The first-order valence-corrected chi connectivity index (χ1v) is 8.19. The van der Waals surface area contributed by atoms with Crippen LogP contribution in [0.15, 0.2) is 22.7 Å². The number of nitrogens with one attached hydrogen (secondary N) is 1. The number of ether oxygens (including phenoxy) is 1. The molecule has 1 heterocycles. The Kier molecular flexibility index (Phi) is 5.77. The van der Waals surface area contributed by atoms with E-state index in [1.54, 1.807) is 12.1 Å². The van der Waals surface area contributed by atoms with Crippen molar-refractivity contribution in [2.75, 3.05) is 6.54 Å². The third-order valence-corrected chi connectivity index (χ3v) is 3.96. The highest BCUT2D eigenvalue weighted by atomic mass is 79.9. The number of hydrogen-bond acceptors (Lipinski definition) is 5. The van der Waals surface area contributed by atoms with Crippen LogP contribution in [0.5, 0.6) is 10.9 Å². The van der Waals surface area contributed by atoms with Crippen LogP contribution in [0, 0.1) is 5.92 Å². The summed E-state index contributed by atoms with van der Waals surface area (Å²) in [6.45, 7) is 5.98. The van der Waals surface area contributed by atoms with Crippen LogP contribution in [0.25, 0.3) is 0 Å². The van der Waals surface area contributed by atoms with Gasteiger partial charge in [-0.2, -0.15) is 0 Å². The molecule has 0 spiro atoms. The Labute approximate surface area is 135 Å². The molecular weight excluding hydrogens is 362 g/mol. The number of rotatable bonds is 6. The first kappa shape index (κ1) is 15.7. The fourth-order valence-electron chi connectivity index (χ4n) is 1.47.